The number of hydrogen-bond donors (Lipinski definition) is 2. The van der Waals surface area contributed by atoms with E-state index in [9.17, 15) is 9.59 Å². The first-order valence-corrected chi connectivity index (χ1v) is 8.95. The highest BCUT2D eigenvalue weighted by Gasteiger charge is 2.05. The maximum absolute atomic E-state index is 11.8. The van der Waals surface area contributed by atoms with Gasteiger partial charge < -0.3 is 20.1 Å². The third-order valence-corrected chi connectivity index (χ3v) is 3.94. The van der Waals surface area contributed by atoms with Gasteiger partial charge in [-0.05, 0) is 24.1 Å². The molecule has 1 amide bonds. The van der Waals surface area contributed by atoms with Crippen LogP contribution in [0.2, 0.25) is 0 Å². The Kier molecular flexibility index (Phi) is 7.61. The van der Waals surface area contributed by atoms with Crippen LogP contribution in [0, 0.1) is 0 Å². The first-order valence-electron chi connectivity index (χ1n) is 8.95. The Labute approximate surface area is 159 Å². The van der Waals surface area contributed by atoms with E-state index in [1.807, 2.05) is 37.3 Å². The summed E-state index contributed by atoms with van der Waals surface area (Å²) in [7, 11) is 3.44. The maximum Gasteiger partial charge on any atom is 0.250 e. The van der Waals surface area contributed by atoms with E-state index in [-0.39, 0.29) is 18.0 Å². The molecule has 0 fully saturated rings. The number of aliphatic imine (C=N–C) groups is 1. The van der Waals surface area contributed by atoms with Crippen LogP contribution in [0.4, 0.5) is 0 Å². The van der Waals surface area contributed by atoms with Crippen molar-refractivity contribution in [2.45, 2.75) is 20.0 Å². The van der Waals surface area contributed by atoms with Crippen molar-refractivity contribution in [1.82, 2.24) is 20.1 Å². The van der Waals surface area contributed by atoms with Crippen LogP contribution in [-0.4, -0.2) is 48.5 Å². The number of aromatic nitrogens is 1. The third-order valence-electron chi connectivity index (χ3n) is 3.94. The molecule has 2 N–H and O–H groups in total. The maximum atomic E-state index is 11.8. The molecule has 0 aliphatic rings. The molecular weight excluding hydrogens is 342 g/mol. The summed E-state index contributed by atoms with van der Waals surface area (Å²) in [5.41, 5.74) is 2.09. The lowest BCUT2D eigenvalue weighted by Gasteiger charge is -2.14. The lowest BCUT2D eigenvalue weighted by atomic mass is 10.1. The standard InChI is InChI=1S/C20H27N5O2/c1-4-21-20(23-14-19(27)24(2)3)22-13-16-8-10-17(11-9-16)15-25-12-6-5-7-18(25)26/h5-12H,4,13-15H2,1-3H3,(H2,21,22,23). The van der Waals surface area contributed by atoms with Crippen molar-refractivity contribution in [2.24, 2.45) is 4.99 Å². The fourth-order valence-electron chi connectivity index (χ4n) is 2.37. The van der Waals surface area contributed by atoms with Gasteiger partial charge >= 0.3 is 0 Å². The topological polar surface area (TPSA) is 78.7 Å². The normalized spacial score (nSPS) is 11.1. The second-order valence-corrected chi connectivity index (χ2v) is 6.32. The van der Waals surface area contributed by atoms with Gasteiger partial charge in [0.05, 0.1) is 19.6 Å². The van der Waals surface area contributed by atoms with Crippen molar-refractivity contribution >= 4 is 11.9 Å². The van der Waals surface area contributed by atoms with E-state index in [1.54, 1.807) is 37.0 Å². The number of nitrogens with zero attached hydrogens (tertiary/aromatic N) is 3. The fourth-order valence-corrected chi connectivity index (χ4v) is 2.37. The summed E-state index contributed by atoms with van der Waals surface area (Å²) in [6, 6.07) is 13.1. The Hall–Kier alpha value is -3.09. The van der Waals surface area contributed by atoms with Gasteiger partial charge in [-0.3, -0.25) is 9.59 Å². The number of amides is 1. The van der Waals surface area contributed by atoms with Crippen molar-refractivity contribution < 1.29 is 4.79 Å². The molecule has 0 saturated carbocycles. The summed E-state index contributed by atoms with van der Waals surface area (Å²) in [6.45, 7) is 3.93. The molecular formula is C20H27N5O2. The minimum Gasteiger partial charge on any atom is -0.357 e. The van der Waals surface area contributed by atoms with Crippen LogP contribution in [0.15, 0.2) is 58.4 Å². The molecule has 2 rings (SSSR count). The Morgan fingerprint density at radius 1 is 1.07 bits per heavy atom. The molecule has 144 valence electrons. The molecule has 0 spiro atoms. The molecule has 0 atom stereocenters. The largest absolute Gasteiger partial charge is 0.357 e. The molecule has 0 bridgehead atoms. The molecule has 0 aliphatic carbocycles. The van der Waals surface area contributed by atoms with Crippen LogP contribution in [0.5, 0.6) is 0 Å². The van der Waals surface area contributed by atoms with Crippen LogP contribution >= 0.6 is 0 Å². The van der Waals surface area contributed by atoms with E-state index in [2.05, 4.69) is 15.6 Å². The summed E-state index contributed by atoms with van der Waals surface area (Å²) in [5.74, 6) is 0.591. The van der Waals surface area contributed by atoms with Crippen LogP contribution < -0.4 is 16.2 Å². The minimum absolute atomic E-state index is 0.0129. The third kappa shape index (κ3) is 6.62. The summed E-state index contributed by atoms with van der Waals surface area (Å²) < 4.78 is 1.67. The van der Waals surface area contributed by atoms with Crippen molar-refractivity contribution in [1.29, 1.82) is 0 Å². The Morgan fingerprint density at radius 3 is 2.41 bits per heavy atom. The number of benzene rings is 1. The van der Waals surface area contributed by atoms with Gasteiger partial charge in [0, 0.05) is 32.9 Å². The first-order chi connectivity index (χ1) is 13.0. The van der Waals surface area contributed by atoms with Gasteiger partial charge in [0.2, 0.25) is 5.91 Å². The van der Waals surface area contributed by atoms with Gasteiger partial charge in [0.25, 0.3) is 5.56 Å². The molecule has 0 aliphatic heterocycles. The van der Waals surface area contributed by atoms with Crippen LogP contribution in [0.1, 0.15) is 18.1 Å². The van der Waals surface area contributed by atoms with Gasteiger partial charge in [-0.1, -0.05) is 30.3 Å². The number of carbonyl (C=O) groups excluding carboxylic acids is 1. The van der Waals surface area contributed by atoms with Gasteiger partial charge in [-0.25, -0.2) is 4.99 Å². The predicted octanol–water partition coefficient (Wildman–Crippen LogP) is 1.04. The average Bonchev–Trinajstić information content (AvgIpc) is 2.66. The van der Waals surface area contributed by atoms with Crippen LogP contribution in [0.3, 0.4) is 0 Å². The number of rotatable bonds is 7. The summed E-state index contributed by atoms with van der Waals surface area (Å²) in [4.78, 5) is 29.5. The number of pyridine rings is 1. The van der Waals surface area contributed by atoms with Gasteiger partial charge in [-0.2, -0.15) is 0 Å². The molecule has 1 aromatic heterocycles. The fraction of sp³-hybridized carbons (Fsp3) is 0.350. The lowest BCUT2D eigenvalue weighted by molar-refractivity contribution is -0.127. The monoisotopic (exact) mass is 369 g/mol. The van der Waals surface area contributed by atoms with Crippen molar-refractivity contribution in [3.63, 3.8) is 0 Å². The van der Waals surface area contributed by atoms with Crippen molar-refractivity contribution in [3.8, 4) is 0 Å². The van der Waals surface area contributed by atoms with E-state index in [0.717, 1.165) is 11.1 Å². The Bertz CT molecular complexity index is 825. The van der Waals surface area contributed by atoms with Gasteiger partial charge in [0.15, 0.2) is 5.96 Å². The highest BCUT2D eigenvalue weighted by atomic mass is 16.2. The summed E-state index contributed by atoms with van der Waals surface area (Å²) in [6.07, 6.45) is 1.78. The van der Waals surface area contributed by atoms with E-state index in [1.165, 1.54) is 4.90 Å². The molecule has 7 heteroatoms. The second kappa shape index (κ2) is 10.2. The highest BCUT2D eigenvalue weighted by molar-refractivity contribution is 5.86. The van der Waals surface area contributed by atoms with Crippen molar-refractivity contribution in [2.75, 3.05) is 27.2 Å². The number of hydrogen-bond acceptors (Lipinski definition) is 3. The zero-order valence-electron chi connectivity index (χ0n) is 16.1. The number of carbonyl (C=O) groups is 1. The van der Waals surface area contributed by atoms with E-state index in [4.69, 9.17) is 0 Å². The van der Waals surface area contributed by atoms with E-state index < -0.39 is 0 Å². The van der Waals surface area contributed by atoms with Gasteiger partial charge in [-0.15, -0.1) is 0 Å². The van der Waals surface area contributed by atoms with E-state index in [0.29, 0.717) is 25.6 Å². The smallest absolute Gasteiger partial charge is 0.250 e. The Balaban J connectivity index is 1.97. The Morgan fingerprint density at radius 2 is 1.78 bits per heavy atom. The molecule has 0 radical (unpaired) electrons. The van der Waals surface area contributed by atoms with Crippen LogP contribution in [0.25, 0.3) is 0 Å². The summed E-state index contributed by atoms with van der Waals surface area (Å²) in [5, 5.41) is 6.16. The lowest BCUT2D eigenvalue weighted by Crippen LogP contribution is -2.42. The van der Waals surface area contributed by atoms with Crippen LogP contribution in [-0.2, 0) is 17.9 Å². The van der Waals surface area contributed by atoms with E-state index >= 15 is 0 Å². The van der Waals surface area contributed by atoms with Gasteiger partial charge in [0.1, 0.15) is 0 Å². The molecule has 0 unspecified atom stereocenters. The molecule has 0 saturated heterocycles. The number of nitrogens with one attached hydrogen (secondary N) is 2. The zero-order chi connectivity index (χ0) is 19.6. The SMILES string of the molecule is CCNC(=NCc1ccc(Cn2ccccc2=O)cc1)NCC(=O)N(C)C. The quantitative estimate of drug-likeness (QED) is 0.565. The number of likely N-dealkylation sites (N-methyl/N-ethyl adjacent to an activating group) is 1. The molecule has 27 heavy (non-hydrogen) atoms. The average molecular weight is 369 g/mol. The summed E-state index contributed by atoms with van der Waals surface area (Å²) >= 11 is 0. The molecule has 7 nitrogen and oxygen atoms in total. The molecule has 2 aromatic rings. The first kappa shape index (κ1) is 20.2. The minimum atomic E-state index is -0.0141. The number of guanidine groups is 1. The second-order valence-electron chi connectivity index (χ2n) is 6.32. The van der Waals surface area contributed by atoms with Crippen molar-refractivity contribution in [3.05, 3.63) is 70.1 Å². The molecule has 1 aromatic carbocycles. The molecule has 1 heterocycles. The predicted molar refractivity (Wildman–Crippen MR) is 108 cm³/mol. The zero-order valence-corrected chi connectivity index (χ0v) is 16.1. The highest BCUT2D eigenvalue weighted by Crippen LogP contribution is 2.07.